The van der Waals surface area contributed by atoms with Gasteiger partial charge < -0.3 is 14.4 Å². The number of hydrogen-bond donors (Lipinski definition) is 0. The molecule has 1 heterocycles. The number of amides is 1. The van der Waals surface area contributed by atoms with Gasteiger partial charge >= 0.3 is 12.5 Å². The molecule has 0 fully saturated rings. The van der Waals surface area contributed by atoms with Crippen molar-refractivity contribution >= 4 is 6.09 Å². The van der Waals surface area contributed by atoms with Crippen molar-refractivity contribution in [2.24, 2.45) is 0 Å². The number of alkyl halides is 3. The van der Waals surface area contributed by atoms with Gasteiger partial charge in [0.15, 0.2) is 0 Å². The molecule has 0 aliphatic heterocycles. The standard InChI is InChI=1S/C14H15F3N2O.C13H27NO2/c1-9(2)13-8-10(3)18-19(13)11-4-6-12(7-5-11)20-14(15,16)17;1-6-8-9-11-14(10-7-2)12(15)16-13(3,4)5/h4-9H,1-3H3;6-11H2,1-5H3. The fraction of sp³-hybridized carbons (Fsp3) is 0.630. The van der Waals surface area contributed by atoms with Crippen molar-refractivity contribution in [3.63, 3.8) is 0 Å². The molecule has 36 heavy (non-hydrogen) atoms. The topological polar surface area (TPSA) is 56.6 Å². The van der Waals surface area contributed by atoms with E-state index in [9.17, 15) is 18.0 Å². The minimum absolute atomic E-state index is 0.176. The lowest BCUT2D eigenvalue weighted by atomic mass is 10.1. The summed E-state index contributed by atoms with van der Waals surface area (Å²) in [6, 6.07) is 7.64. The summed E-state index contributed by atoms with van der Waals surface area (Å²) in [7, 11) is 0. The van der Waals surface area contributed by atoms with Gasteiger partial charge in [-0.1, -0.05) is 40.5 Å². The van der Waals surface area contributed by atoms with Gasteiger partial charge in [-0.05, 0) is 76.8 Å². The molecule has 0 bridgehead atoms. The first-order valence-corrected chi connectivity index (χ1v) is 12.6. The molecular formula is C27H42F3N3O3. The van der Waals surface area contributed by atoms with Gasteiger partial charge in [0.25, 0.3) is 0 Å². The molecule has 0 saturated heterocycles. The van der Waals surface area contributed by atoms with Crippen molar-refractivity contribution in [3.05, 3.63) is 41.7 Å². The summed E-state index contributed by atoms with van der Waals surface area (Å²) in [5.74, 6) is 0.0264. The van der Waals surface area contributed by atoms with Crippen LogP contribution in [0.15, 0.2) is 30.3 Å². The van der Waals surface area contributed by atoms with Gasteiger partial charge in [0.1, 0.15) is 11.4 Å². The normalized spacial score (nSPS) is 11.7. The van der Waals surface area contributed by atoms with E-state index in [1.165, 1.54) is 25.0 Å². The number of rotatable bonds is 9. The molecule has 2 rings (SSSR count). The third-order valence-electron chi connectivity index (χ3n) is 4.94. The summed E-state index contributed by atoms with van der Waals surface area (Å²) in [6.07, 6.45) is -0.462. The molecular weight excluding hydrogens is 471 g/mol. The lowest BCUT2D eigenvalue weighted by molar-refractivity contribution is -0.274. The maximum Gasteiger partial charge on any atom is 0.573 e. The Hall–Kier alpha value is -2.71. The predicted molar refractivity (Wildman–Crippen MR) is 137 cm³/mol. The van der Waals surface area contributed by atoms with E-state index < -0.39 is 12.0 Å². The molecule has 0 unspecified atom stereocenters. The first-order chi connectivity index (χ1) is 16.7. The van der Waals surface area contributed by atoms with E-state index in [1.807, 2.05) is 52.5 Å². The smallest absolute Gasteiger partial charge is 0.444 e. The Kier molecular flexibility index (Phi) is 12.3. The van der Waals surface area contributed by atoms with E-state index in [1.54, 1.807) is 16.8 Å². The summed E-state index contributed by atoms with van der Waals surface area (Å²) in [5.41, 5.74) is 2.18. The Morgan fingerprint density at radius 1 is 1.03 bits per heavy atom. The van der Waals surface area contributed by atoms with Crippen molar-refractivity contribution in [2.45, 2.75) is 99.0 Å². The van der Waals surface area contributed by atoms with E-state index in [0.29, 0.717) is 5.69 Å². The average molecular weight is 514 g/mol. The summed E-state index contributed by atoms with van der Waals surface area (Å²) in [4.78, 5) is 13.7. The predicted octanol–water partition coefficient (Wildman–Crippen LogP) is 8.03. The molecule has 0 saturated carbocycles. The van der Waals surface area contributed by atoms with Gasteiger partial charge in [0.05, 0.1) is 11.4 Å². The van der Waals surface area contributed by atoms with Crippen LogP contribution in [0.1, 0.15) is 91.5 Å². The molecule has 204 valence electrons. The molecule has 0 atom stereocenters. The van der Waals surface area contributed by atoms with Gasteiger partial charge in [0.2, 0.25) is 0 Å². The molecule has 0 aliphatic carbocycles. The highest BCUT2D eigenvalue weighted by molar-refractivity contribution is 5.68. The Balaban J connectivity index is 0.000000371. The Labute approximate surface area is 213 Å². The minimum Gasteiger partial charge on any atom is -0.444 e. The number of aryl methyl sites for hydroxylation is 1. The first kappa shape index (κ1) is 31.3. The molecule has 6 nitrogen and oxygen atoms in total. The molecule has 1 aromatic carbocycles. The van der Waals surface area contributed by atoms with Crippen LogP contribution in [-0.4, -0.2) is 45.8 Å². The molecule has 0 radical (unpaired) electrons. The van der Waals surface area contributed by atoms with Gasteiger partial charge in [-0.25, -0.2) is 9.48 Å². The number of halogens is 3. The molecule has 0 spiro atoms. The summed E-state index contributed by atoms with van der Waals surface area (Å²) >= 11 is 0. The fourth-order valence-corrected chi connectivity index (χ4v) is 3.37. The SMILES string of the molecule is CCCCCN(CCC)C(=O)OC(C)(C)C.Cc1cc(C(C)C)n(-c2ccc(OC(F)(F)F)cc2)n1. The zero-order chi connectivity index (χ0) is 27.5. The van der Waals surface area contributed by atoms with Crippen molar-refractivity contribution in [3.8, 4) is 11.4 Å². The molecule has 1 amide bonds. The van der Waals surface area contributed by atoms with Crippen LogP contribution in [0.4, 0.5) is 18.0 Å². The van der Waals surface area contributed by atoms with E-state index >= 15 is 0 Å². The lowest BCUT2D eigenvalue weighted by Gasteiger charge is -2.27. The Bertz CT molecular complexity index is 917. The van der Waals surface area contributed by atoms with E-state index in [2.05, 4.69) is 23.7 Å². The minimum atomic E-state index is -4.67. The third-order valence-corrected chi connectivity index (χ3v) is 4.94. The zero-order valence-corrected chi connectivity index (χ0v) is 22.9. The Morgan fingerprint density at radius 3 is 2.11 bits per heavy atom. The maximum atomic E-state index is 12.1. The largest absolute Gasteiger partial charge is 0.573 e. The highest BCUT2D eigenvalue weighted by Gasteiger charge is 2.31. The summed E-state index contributed by atoms with van der Waals surface area (Å²) in [6.45, 7) is 17.5. The number of carbonyl (C=O) groups excluding carboxylic acids is 1. The van der Waals surface area contributed by atoms with Crippen LogP contribution in [-0.2, 0) is 4.74 Å². The molecule has 9 heteroatoms. The lowest BCUT2D eigenvalue weighted by Crippen LogP contribution is -2.37. The molecule has 2 aromatic rings. The first-order valence-electron chi connectivity index (χ1n) is 12.6. The van der Waals surface area contributed by atoms with E-state index in [0.717, 1.165) is 37.3 Å². The number of ether oxygens (including phenoxy) is 2. The monoisotopic (exact) mass is 513 g/mol. The van der Waals surface area contributed by atoms with Gasteiger partial charge in [-0.3, -0.25) is 0 Å². The Morgan fingerprint density at radius 2 is 1.64 bits per heavy atom. The van der Waals surface area contributed by atoms with Crippen molar-refractivity contribution in [1.82, 2.24) is 14.7 Å². The van der Waals surface area contributed by atoms with Crippen LogP contribution in [0.5, 0.6) is 5.75 Å². The number of hydrogen-bond acceptors (Lipinski definition) is 4. The number of nitrogens with zero attached hydrogens (tertiary/aromatic N) is 3. The third kappa shape index (κ3) is 11.8. The van der Waals surface area contributed by atoms with Crippen molar-refractivity contribution in [2.75, 3.05) is 13.1 Å². The second-order valence-electron chi connectivity index (χ2n) is 9.99. The van der Waals surface area contributed by atoms with Gasteiger partial charge in [-0.2, -0.15) is 5.10 Å². The van der Waals surface area contributed by atoms with Crippen molar-refractivity contribution < 1.29 is 27.4 Å². The van der Waals surface area contributed by atoms with Crippen LogP contribution >= 0.6 is 0 Å². The molecule has 0 aliphatic rings. The average Bonchev–Trinajstić information content (AvgIpc) is 3.14. The van der Waals surface area contributed by atoms with Crippen molar-refractivity contribution in [1.29, 1.82) is 0 Å². The van der Waals surface area contributed by atoms with Gasteiger partial charge in [-0.15, -0.1) is 13.2 Å². The number of benzene rings is 1. The number of carbonyl (C=O) groups is 1. The summed E-state index contributed by atoms with van der Waals surface area (Å²) in [5, 5.41) is 4.36. The fourth-order valence-electron chi connectivity index (χ4n) is 3.37. The summed E-state index contributed by atoms with van der Waals surface area (Å²) < 4.78 is 47.2. The quantitative estimate of drug-likeness (QED) is 0.319. The maximum absolute atomic E-state index is 12.1. The molecule has 0 N–H and O–H groups in total. The van der Waals surface area contributed by atoms with Crippen LogP contribution in [0.3, 0.4) is 0 Å². The van der Waals surface area contributed by atoms with Crippen LogP contribution in [0.25, 0.3) is 5.69 Å². The number of unbranched alkanes of at least 4 members (excludes halogenated alkanes) is 2. The molecule has 1 aromatic heterocycles. The number of aromatic nitrogens is 2. The van der Waals surface area contributed by atoms with Crippen LogP contribution < -0.4 is 4.74 Å². The second kappa shape index (κ2) is 14.1. The van der Waals surface area contributed by atoms with E-state index in [-0.39, 0.29) is 17.8 Å². The highest BCUT2D eigenvalue weighted by atomic mass is 19.4. The van der Waals surface area contributed by atoms with E-state index in [4.69, 9.17) is 4.74 Å². The second-order valence-corrected chi connectivity index (χ2v) is 9.99. The van der Waals surface area contributed by atoms with Gasteiger partial charge in [0, 0.05) is 18.8 Å². The zero-order valence-electron chi connectivity index (χ0n) is 22.9. The highest BCUT2D eigenvalue weighted by Crippen LogP contribution is 2.25. The van der Waals surface area contributed by atoms with Crippen LogP contribution in [0.2, 0.25) is 0 Å². The van der Waals surface area contributed by atoms with Crippen LogP contribution in [0, 0.1) is 6.92 Å².